The van der Waals surface area contributed by atoms with Gasteiger partial charge < -0.3 is 9.55 Å². The number of pyridine rings is 2. The van der Waals surface area contributed by atoms with E-state index < -0.39 is 0 Å². The van der Waals surface area contributed by atoms with E-state index in [9.17, 15) is 0 Å². The van der Waals surface area contributed by atoms with Gasteiger partial charge in [-0.15, -0.1) is 11.3 Å². The molecule has 0 aromatic carbocycles. The first-order valence-electron chi connectivity index (χ1n) is 9.55. The van der Waals surface area contributed by atoms with Crippen molar-refractivity contribution in [1.82, 2.24) is 34.7 Å². The Bertz CT molecular complexity index is 1520. The maximum atomic E-state index is 4.91. The summed E-state index contributed by atoms with van der Waals surface area (Å²) in [6, 6.07) is 12.2. The van der Waals surface area contributed by atoms with Crippen molar-refractivity contribution in [3.63, 3.8) is 0 Å². The maximum absolute atomic E-state index is 4.91. The number of H-pyrrole nitrogens is 2. The van der Waals surface area contributed by atoms with Crippen LogP contribution in [0.4, 0.5) is 0 Å². The number of hydrogen-bond acceptors (Lipinski definition) is 5. The van der Waals surface area contributed by atoms with Crippen LogP contribution in [0.2, 0.25) is 0 Å². The molecule has 0 aliphatic rings. The topological polar surface area (TPSA) is 88.1 Å². The van der Waals surface area contributed by atoms with Crippen molar-refractivity contribution >= 4 is 33.3 Å². The third kappa shape index (κ3) is 2.50. The molecule has 8 heteroatoms. The molecule has 2 N–H and O–H groups in total. The number of nitrogens with zero attached hydrogens (tertiary/aromatic N) is 5. The van der Waals surface area contributed by atoms with Crippen molar-refractivity contribution in [3.05, 3.63) is 60.0 Å². The molecule has 0 atom stereocenters. The highest BCUT2D eigenvalue weighted by Crippen LogP contribution is 2.34. The number of aryl methyl sites for hydroxylation is 1. The molecule has 146 valence electrons. The van der Waals surface area contributed by atoms with Gasteiger partial charge in [-0.1, -0.05) is 6.07 Å². The van der Waals surface area contributed by atoms with Crippen molar-refractivity contribution in [2.45, 2.75) is 6.92 Å². The maximum Gasteiger partial charge on any atom is 0.135 e. The Hall–Kier alpha value is -3.78. The van der Waals surface area contributed by atoms with Gasteiger partial charge >= 0.3 is 0 Å². The molecular formula is C22H17N7S. The van der Waals surface area contributed by atoms with Crippen molar-refractivity contribution in [1.29, 1.82) is 0 Å². The number of fused-ring (bicyclic) bond motifs is 2. The van der Waals surface area contributed by atoms with E-state index in [4.69, 9.17) is 4.98 Å². The van der Waals surface area contributed by atoms with Crippen LogP contribution in [0.1, 0.15) is 5.82 Å². The second-order valence-electron chi connectivity index (χ2n) is 7.20. The highest BCUT2D eigenvalue weighted by molar-refractivity contribution is 7.13. The second kappa shape index (κ2) is 6.36. The van der Waals surface area contributed by atoms with E-state index in [0.29, 0.717) is 0 Å². The van der Waals surface area contributed by atoms with Gasteiger partial charge in [0.05, 0.1) is 39.4 Å². The van der Waals surface area contributed by atoms with Gasteiger partial charge in [0.1, 0.15) is 17.0 Å². The Morgan fingerprint density at radius 2 is 1.97 bits per heavy atom. The van der Waals surface area contributed by atoms with Gasteiger partial charge in [-0.25, -0.2) is 9.97 Å². The Labute approximate surface area is 175 Å². The Morgan fingerprint density at radius 1 is 1.03 bits per heavy atom. The van der Waals surface area contributed by atoms with Crippen LogP contribution < -0.4 is 0 Å². The fourth-order valence-corrected chi connectivity index (χ4v) is 4.50. The van der Waals surface area contributed by atoms with Gasteiger partial charge in [-0.3, -0.25) is 10.1 Å². The van der Waals surface area contributed by atoms with Crippen LogP contribution in [0.25, 0.3) is 55.3 Å². The van der Waals surface area contributed by atoms with Gasteiger partial charge in [0.2, 0.25) is 0 Å². The molecule has 0 bridgehead atoms. The zero-order valence-electron chi connectivity index (χ0n) is 16.3. The molecule has 0 spiro atoms. The molecule has 0 unspecified atom stereocenters. The second-order valence-corrected chi connectivity index (χ2v) is 8.14. The van der Waals surface area contributed by atoms with Crippen LogP contribution in [0.15, 0.2) is 54.2 Å². The van der Waals surface area contributed by atoms with Gasteiger partial charge in [0, 0.05) is 24.1 Å². The Kier molecular flexibility index (Phi) is 3.63. The first-order valence-corrected chi connectivity index (χ1v) is 10.4. The van der Waals surface area contributed by atoms with Crippen molar-refractivity contribution in [2.75, 3.05) is 0 Å². The first kappa shape index (κ1) is 17.1. The highest BCUT2D eigenvalue weighted by Gasteiger charge is 2.17. The molecule has 7 nitrogen and oxygen atoms in total. The van der Waals surface area contributed by atoms with Crippen molar-refractivity contribution < 1.29 is 0 Å². The highest BCUT2D eigenvalue weighted by atomic mass is 32.1. The van der Waals surface area contributed by atoms with Crippen LogP contribution >= 0.6 is 11.3 Å². The van der Waals surface area contributed by atoms with E-state index in [1.165, 1.54) is 0 Å². The van der Waals surface area contributed by atoms with E-state index in [0.717, 1.165) is 61.1 Å². The lowest BCUT2D eigenvalue weighted by Gasteiger charge is -2.03. The number of hydrogen-bond donors (Lipinski definition) is 2. The molecule has 0 aliphatic heterocycles. The lowest BCUT2D eigenvalue weighted by molar-refractivity contribution is 0.862. The van der Waals surface area contributed by atoms with Gasteiger partial charge in [0.15, 0.2) is 0 Å². The monoisotopic (exact) mass is 411 g/mol. The minimum atomic E-state index is 0.791. The summed E-state index contributed by atoms with van der Waals surface area (Å²) in [6.07, 6.45) is 3.69. The fraction of sp³-hybridized carbons (Fsp3) is 0.0909. The third-order valence-corrected chi connectivity index (χ3v) is 6.32. The van der Waals surface area contributed by atoms with Crippen molar-refractivity contribution in [2.24, 2.45) is 7.05 Å². The average Bonchev–Trinajstić information content (AvgIpc) is 3.54. The molecule has 6 aromatic heterocycles. The standard InChI is InChI=1S/C22H17N7S/c1-12-24-11-18(29(12)2)15-5-6-16-21(26-15)22(28-27-16)17-10-13-14(25-17)7-8-23-20(13)19-4-3-9-30-19/h3-11,25H,1-2H3,(H,27,28). The molecule has 0 radical (unpaired) electrons. The quantitative estimate of drug-likeness (QED) is 0.432. The van der Waals surface area contributed by atoms with Crippen LogP contribution in [-0.4, -0.2) is 34.7 Å². The smallest absolute Gasteiger partial charge is 0.135 e. The summed E-state index contributed by atoms with van der Waals surface area (Å²) in [7, 11) is 2.00. The third-order valence-electron chi connectivity index (χ3n) is 5.45. The van der Waals surface area contributed by atoms with E-state index in [1.807, 2.05) is 55.2 Å². The molecule has 0 fully saturated rings. The number of thiophene rings is 1. The predicted molar refractivity (Wildman–Crippen MR) is 119 cm³/mol. The van der Waals surface area contributed by atoms with Crippen LogP contribution in [0.3, 0.4) is 0 Å². The normalized spacial score (nSPS) is 11.7. The summed E-state index contributed by atoms with van der Waals surface area (Å²) in [5.74, 6) is 0.948. The first-order chi connectivity index (χ1) is 14.7. The number of aromatic nitrogens is 7. The van der Waals surface area contributed by atoms with Crippen molar-refractivity contribution in [3.8, 4) is 33.3 Å². The summed E-state index contributed by atoms with van der Waals surface area (Å²) in [5, 5.41) is 10.8. The molecule has 6 aromatic rings. The van der Waals surface area contributed by atoms with Gasteiger partial charge in [0.25, 0.3) is 0 Å². The van der Waals surface area contributed by atoms with E-state index in [2.05, 4.69) is 42.7 Å². The molecule has 0 aliphatic carbocycles. The lowest BCUT2D eigenvalue weighted by atomic mass is 10.2. The summed E-state index contributed by atoms with van der Waals surface area (Å²) >= 11 is 1.68. The Morgan fingerprint density at radius 3 is 2.77 bits per heavy atom. The average molecular weight is 411 g/mol. The molecule has 0 amide bonds. The van der Waals surface area contributed by atoms with Crippen LogP contribution in [0, 0.1) is 6.92 Å². The molecule has 30 heavy (non-hydrogen) atoms. The molecular weight excluding hydrogens is 394 g/mol. The Balaban J connectivity index is 1.53. The minimum Gasteiger partial charge on any atom is -0.353 e. The van der Waals surface area contributed by atoms with E-state index in [-0.39, 0.29) is 0 Å². The fourth-order valence-electron chi connectivity index (χ4n) is 3.76. The number of imidazole rings is 1. The molecule has 6 heterocycles. The largest absolute Gasteiger partial charge is 0.353 e. The zero-order chi connectivity index (χ0) is 20.2. The van der Waals surface area contributed by atoms with E-state index >= 15 is 0 Å². The summed E-state index contributed by atoms with van der Waals surface area (Å²) < 4.78 is 2.04. The van der Waals surface area contributed by atoms with Gasteiger partial charge in [-0.05, 0) is 42.6 Å². The molecule has 0 saturated heterocycles. The van der Waals surface area contributed by atoms with E-state index in [1.54, 1.807) is 11.3 Å². The van der Waals surface area contributed by atoms with Crippen LogP contribution in [0.5, 0.6) is 0 Å². The predicted octanol–water partition coefficient (Wildman–Crippen LogP) is 4.94. The number of aromatic amines is 2. The summed E-state index contributed by atoms with van der Waals surface area (Å²) in [6.45, 7) is 1.98. The zero-order valence-corrected chi connectivity index (χ0v) is 17.2. The number of nitrogens with one attached hydrogen (secondary N) is 2. The van der Waals surface area contributed by atoms with Crippen LogP contribution in [-0.2, 0) is 7.05 Å². The molecule has 6 rings (SSSR count). The SMILES string of the molecule is Cc1ncc(-c2ccc3[nH]nc(-c4cc5c(-c6cccs6)nccc5[nH]4)c3n2)n1C. The van der Waals surface area contributed by atoms with Gasteiger partial charge in [-0.2, -0.15) is 5.10 Å². The number of rotatable bonds is 3. The summed E-state index contributed by atoms with van der Waals surface area (Å²) in [4.78, 5) is 18.5. The minimum absolute atomic E-state index is 0.791. The summed E-state index contributed by atoms with van der Waals surface area (Å²) in [5.41, 5.74) is 7.26. The lowest BCUT2D eigenvalue weighted by Crippen LogP contribution is -1.96. The molecule has 0 saturated carbocycles.